The molecule has 0 bridgehead atoms. The third-order valence-corrected chi connectivity index (χ3v) is 4.20. The molecule has 2 heterocycles. The number of rotatable bonds is 6. The number of nitrogens with zero attached hydrogens (tertiary/aromatic N) is 3. The van der Waals surface area contributed by atoms with Crippen molar-refractivity contribution < 1.29 is 8.42 Å². The number of sulfonamides is 1. The Morgan fingerprint density at radius 2 is 2.20 bits per heavy atom. The van der Waals surface area contributed by atoms with Crippen LogP contribution in [0.15, 0.2) is 29.6 Å². The van der Waals surface area contributed by atoms with Gasteiger partial charge in [0.25, 0.3) is 16.0 Å². The highest BCUT2D eigenvalue weighted by Gasteiger charge is 2.21. The maximum atomic E-state index is 12.1. The van der Waals surface area contributed by atoms with Crippen molar-refractivity contribution in [2.75, 3.05) is 4.72 Å². The summed E-state index contributed by atoms with van der Waals surface area (Å²) in [7, 11) is -3.69. The monoisotopic (exact) mass is 294 g/mol. The fourth-order valence-electron chi connectivity index (χ4n) is 1.69. The highest BCUT2D eigenvalue weighted by molar-refractivity contribution is 7.92. The molecule has 1 aliphatic rings. The summed E-state index contributed by atoms with van der Waals surface area (Å²) < 4.78 is 26.5. The van der Waals surface area contributed by atoms with Gasteiger partial charge in [-0.15, -0.1) is 5.10 Å². The number of aromatic amines is 1. The first-order valence-electron chi connectivity index (χ1n) is 6.21. The van der Waals surface area contributed by atoms with Crippen molar-refractivity contribution in [3.8, 4) is 0 Å². The van der Waals surface area contributed by atoms with Crippen LogP contribution in [-0.2, 0) is 16.6 Å². The summed E-state index contributed by atoms with van der Waals surface area (Å²) in [4.78, 5) is 6.87. The van der Waals surface area contributed by atoms with E-state index in [4.69, 9.17) is 0 Å². The topological polar surface area (TPSA) is 113 Å². The van der Waals surface area contributed by atoms with E-state index in [1.807, 2.05) is 0 Å². The Labute approximate surface area is 116 Å². The summed E-state index contributed by atoms with van der Waals surface area (Å²) in [6.45, 7) is 0.629. The Kier molecular flexibility index (Phi) is 3.36. The van der Waals surface area contributed by atoms with Crippen molar-refractivity contribution in [3.63, 3.8) is 0 Å². The summed E-state index contributed by atoms with van der Waals surface area (Å²) >= 11 is 0. The number of hydrogen-bond donors (Lipinski definition) is 3. The Balaban J connectivity index is 1.70. The van der Waals surface area contributed by atoms with Gasteiger partial charge in [0.05, 0.1) is 12.4 Å². The van der Waals surface area contributed by atoms with Gasteiger partial charge in [-0.3, -0.25) is 0 Å². The number of aromatic nitrogens is 4. The standard InChI is InChI=1S/C11H14N6O2S/c18-20(19,17-11-12-3-4-15-16-11)10-5-9(14-7-10)6-13-8-1-2-8/h3-5,7-8,13-14H,1-2,6H2,(H,12,16,17). The lowest BCUT2D eigenvalue weighted by Gasteiger charge is -2.02. The minimum absolute atomic E-state index is 0.0497. The number of anilines is 1. The SMILES string of the molecule is O=S(=O)(Nc1nccnn1)c1c[nH]c(CNC2CC2)c1. The average molecular weight is 294 g/mol. The van der Waals surface area contributed by atoms with Crippen LogP contribution in [0.25, 0.3) is 0 Å². The Bertz CT molecular complexity index is 680. The molecule has 0 aliphatic heterocycles. The Morgan fingerprint density at radius 3 is 2.90 bits per heavy atom. The van der Waals surface area contributed by atoms with Gasteiger partial charge >= 0.3 is 0 Å². The van der Waals surface area contributed by atoms with Crippen LogP contribution in [0.1, 0.15) is 18.5 Å². The van der Waals surface area contributed by atoms with Gasteiger partial charge in [-0.1, -0.05) is 0 Å². The van der Waals surface area contributed by atoms with Crippen LogP contribution in [0.2, 0.25) is 0 Å². The summed E-state index contributed by atoms with van der Waals surface area (Å²) in [6, 6.07) is 2.16. The Morgan fingerprint density at radius 1 is 1.35 bits per heavy atom. The van der Waals surface area contributed by atoms with Gasteiger partial charge in [0.2, 0.25) is 0 Å². The molecule has 9 heteroatoms. The van der Waals surface area contributed by atoms with E-state index in [9.17, 15) is 8.42 Å². The second kappa shape index (κ2) is 5.17. The summed E-state index contributed by atoms with van der Waals surface area (Å²) in [5.41, 5.74) is 0.824. The minimum atomic E-state index is -3.69. The van der Waals surface area contributed by atoms with Crippen LogP contribution >= 0.6 is 0 Å². The lowest BCUT2D eigenvalue weighted by molar-refractivity contribution is 0.600. The third kappa shape index (κ3) is 3.11. The van der Waals surface area contributed by atoms with Crippen molar-refractivity contribution in [2.24, 2.45) is 0 Å². The van der Waals surface area contributed by atoms with Crippen LogP contribution in [-0.4, -0.2) is 34.6 Å². The zero-order valence-corrected chi connectivity index (χ0v) is 11.4. The molecule has 0 unspecified atom stereocenters. The lowest BCUT2D eigenvalue weighted by atomic mass is 10.4. The summed E-state index contributed by atoms with van der Waals surface area (Å²) in [5, 5.41) is 10.5. The van der Waals surface area contributed by atoms with Crippen molar-refractivity contribution >= 4 is 16.0 Å². The molecule has 20 heavy (non-hydrogen) atoms. The molecular formula is C11H14N6O2S. The molecule has 0 amide bonds. The summed E-state index contributed by atoms with van der Waals surface area (Å²) in [5.74, 6) is -0.0497. The molecule has 1 saturated carbocycles. The first-order valence-corrected chi connectivity index (χ1v) is 7.69. The van der Waals surface area contributed by atoms with Crippen LogP contribution in [0, 0.1) is 0 Å². The van der Waals surface area contributed by atoms with E-state index in [0.29, 0.717) is 12.6 Å². The van der Waals surface area contributed by atoms with Crippen LogP contribution in [0.5, 0.6) is 0 Å². The molecule has 1 aliphatic carbocycles. The number of H-pyrrole nitrogens is 1. The molecule has 1 fully saturated rings. The fraction of sp³-hybridized carbons (Fsp3) is 0.364. The zero-order valence-electron chi connectivity index (χ0n) is 10.6. The fourth-order valence-corrected chi connectivity index (χ4v) is 2.65. The average Bonchev–Trinajstić information content (AvgIpc) is 3.13. The highest BCUT2D eigenvalue weighted by atomic mass is 32.2. The van der Waals surface area contributed by atoms with Gasteiger partial charge in [0, 0.05) is 24.5 Å². The third-order valence-electron chi connectivity index (χ3n) is 2.89. The van der Waals surface area contributed by atoms with Crippen LogP contribution in [0.4, 0.5) is 5.95 Å². The second-order valence-electron chi connectivity index (χ2n) is 4.59. The first kappa shape index (κ1) is 13.0. The van der Waals surface area contributed by atoms with Gasteiger partial charge in [-0.25, -0.2) is 18.1 Å². The van der Waals surface area contributed by atoms with Gasteiger partial charge in [0.1, 0.15) is 4.90 Å². The van der Waals surface area contributed by atoms with E-state index in [1.165, 1.54) is 31.4 Å². The molecule has 106 valence electrons. The highest BCUT2D eigenvalue weighted by Crippen LogP contribution is 2.20. The maximum absolute atomic E-state index is 12.1. The minimum Gasteiger partial charge on any atom is -0.363 e. The van der Waals surface area contributed by atoms with Crippen LogP contribution < -0.4 is 10.0 Å². The predicted octanol–water partition coefficient (Wildman–Crippen LogP) is 0.252. The van der Waals surface area contributed by atoms with Crippen molar-refractivity contribution in [1.82, 2.24) is 25.5 Å². The van der Waals surface area contributed by atoms with Gasteiger partial charge in [-0.05, 0) is 18.9 Å². The molecule has 2 aromatic heterocycles. The van der Waals surface area contributed by atoms with Crippen LogP contribution in [0.3, 0.4) is 0 Å². The molecule has 3 rings (SSSR count). The quantitative estimate of drug-likeness (QED) is 0.704. The van der Waals surface area contributed by atoms with E-state index in [0.717, 1.165) is 5.69 Å². The molecular weight excluding hydrogens is 280 g/mol. The molecule has 0 radical (unpaired) electrons. The van der Waals surface area contributed by atoms with Gasteiger partial charge < -0.3 is 10.3 Å². The number of hydrogen-bond acceptors (Lipinski definition) is 6. The van der Waals surface area contributed by atoms with E-state index < -0.39 is 10.0 Å². The zero-order chi connectivity index (χ0) is 14.0. The summed E-state index contributed by atoms with van der Waals surface area (Å²) in [6.07, 6.45) is 6.56. The predicted molar refractivity (Wildman–Crippen MR) is 71.3 cm³/mol. The van der Waals surface area contributed by atoms with Crippen molar-refractivity contribution in [3.05, 3.63) is 30.4 Å². The lowest BCUT2D eigenvalue weighted by Crippen LogP contribution is -2.16. The molecule has 0 aromatic carbocycles. The smallest absolute Gasteiger partial charge is 0.265 e. The molecule has 2 aromatic rings. The van der Waals surface area contributed by atoms with Crippen molar-refractivity contribution in [1.29, 1.82) is 0 Å². The van der Waals surface area contributed by atoms with E-state index >= 15 is 0 Å². The maximum Gasteiger partial charge on any atom is 0.265 e. The Hall–Kier alpha value is -2.00. The normalized spacial score (nSPS) is 15.2. The van der Waals surface area contributed by atoms with E-state index in [1.54, 1.807) is 6.07 Å². The molecule has 3 N–H and O–H groups in total. The molecule has 0 saturated heterocycles. The molecule has 0 spiro atoms. The van der Waals surface area contributed by atoms with Gasteiger partial charge in [-0.2, -0.15) is 5.10 Å². The first-order chi connectivity index (χ1) is 9.63. The molecule has 0 atom stereocenters. The van der Waals surface area contributed by atoms with Crippen molar-refractivity contribution in [2.45, 2.75) is 30.3 Å². The van der Waals surface area contributed by atoms with E-state index in [-0.39, 0.29) is 10.8 Å². The molecule has 8 nitrogen and oxygen atoms in total. The van der Waals surface area contributed by atoms with E-state index in [2.05, 4.69) is 30.2 Å². The van der Waals surface area contributed by atoms with Gasteiger partial charge in [0.15, 0.2) is 0 Å². The second-order valence-corrected chi connectivity index (χ2v) is 6.27. The largest absolute Gasteiger partial charge is 0.363 e. The number of nitrogens with one attached hydrogen (secondary N) is 3.